The van der Waals surface area contributed by atoms with Crippen molar-refractivity contribution < 1.29 is 9.47 Å². The Morgan fingerprint density at radius 1 is 0.625 bits per heavy atom. The number of hydrogen-bond acceptors (Lipinski definition) is 2. The lowest BCUT2D eigenvalue weighted by Gasteiger charge is -2.31. The van der Waals surface area contributed by atoms with Gasteiger partial charge in [0.25, 0.3) is 0 Å². The maximum atomic E-state index is 7.32. The van der Waals surface area contributed by atoms with E-state index in [1.165, 1.54) is 0 Å². The topological polar surface area (TPSA) is 18.5 Å². The zero-order valence-corrected chi connectivity index (χ0v) is 14.5. The quantitative estimate of drug-likeness (QED) is 0.468. The molecular weight excluding hydrogens is 320 g/mol. The summed E-state index contributed by atoms with van der Waals surface area (Å²) in [5, 5.41) is 0. The molecule has 24 heavy (non-hydrogen) atoms. The molecule has 3 aromatic carbocycles. The molecule has 0 heterocycles. The normalized spacial score (nSPS) is 11.1. The number of halogens is 1. The van der Waals surface area contributed by atoms with E-state index < -0.39 is 4.87 Å². The van der Waals surface area contributed by atoms with Crippen molar-refractivity contribution in [3.63, 3.8) is 0 Å². The van der Waals surface area contributed by atoms with E-state index >= 15 is 0 Å². The van der Waals surface area contributed by atoms with Gasteiger partial charge in [-0.1, -0.05) is 66.7 Å². The van der Waals surface area contributed by atoms with Crippen molar-refractivity contribution in [2.24, 2.45) is 0 Å². The van der Waals surface area contributed by atoms with Crippen LogP contribution in [0, 0.1) is 0 Å². The third kappa shape index (κ3) is 2.74. The van der Waals surface area contributed by atoms with E-state index in [9.17, 15) is 0 Å². The molecule has 0 aliphatic heterocycles. The van der Waals surface area contributed by atoms with Crippen molar-refractivity contribution >= 4 is 11.6 Å². The van der Waals surface area contributed by atoms with Gasteiger partial charge in [0.2, 0.25) is 0 Å². The second-order valence-corrected chi connectivity index (χ2v) is 5.99. The van der Waals surface area contributed by atoms with Crippen LogP contribution in [0.25, 0.3) is 0 Å². The third-order valence-corrected chi connectivity index (χ3v) is 4.75. The second kappa shape index (κ2) is 6.98. The molecule has 0 fully saturated rings. The van der Waals surface area contributed by atoms with Gasteiger partial charge in [-0.3, -0.25) is 0 Å². The highest BCUT2D eigenvalue weighted by atomic mass is 35.5. The first-order chi connectivity index (χ1) is 11.7. The van der Waals surface area contributed by atoms with E-state index in [4.69, 9.17) is 21.1 Å². The summed E-state index contributed by atoms with van der Waals surface area (Å²) in [7, 11) is 3.31. The van der Waals surface area contributed by atoms with Gasteiger partial charge in [-0.15, -0.1) is 11.6 Å². The summed E-state index contributed by atoms with van der Waals surface area (Å²) in [6, 6.07) is 25.6. The number of ether oxygens (including phenoxy) is 2. The van der Waals surface area contributed by atoms with E-state index in [1.807, 2.05) is 78.9 Å². The number of hydrogen-bond donors (Lipinski definition) is 0. The first kappa shape index (κ1) is 16.4. The molecule has 2 nitrogen and oxygen atoms in total. The summed E-state index contributed by atoms with van der Waals surface area (Å²) in [6.45, 7) is 0. The van der Waals surface area contributed by atoms with Gasteiger partial charge in [-0.2, -0.15) is 0 Å². The minimum absolute atomic E-state index is 0.738. The van der Waals surface area contributed by atoms with Gasteiger partial charge in [0.15, 0.2) is 0 Å². The Bertz CT molecular complexity index is 767. The van der Waals surface area contributed by atoms with Gasteiger partial charge in [0.05, 0.1) is 14.2 Å². The minimum atomic E-state index is -0.916. The maximum Gasteiger partial charge on any atom is 0.126 e. The Morgan fingerprint density at radius 2 is 1.04 bits per heavy atom. The molecule has 0 N–H and O–H groups in total. The van der Waals surface area contributed by atoms with E-state index in [0.717, 1.165) is 28.2 Å². The molecule has 0 radical (unpaired) electrons. The molecule has 0 saturated heterocycles. The Kier molecular flexibility index (Phi) is 4.77. The van der Waals surface area contributed by atoms with Crippen LogP contribution in [0.4, 0.5) is 0 Å². The summed E-state index contributed by atoms with van der Waals surface area (Å²) in [5.41, 5.74) is 2.72. The Hall–Kier alpha value is -2.45. The first-order valence-corrected chi connectivity index (χ1v) is 8.11. The summed E-state index contributed by atoms with van der Waals surface area (Å²) in [6.07, 6.45) is 0. The van der Waals surface area contributed by atoms with Crippen LogP contribution in [0.3, 0.4) is 0 Å². The standard InChI is InChI=1S/C21H19ClO2/c1-23-19-14-8-6-12-17(19)21(22,16-10-4-3-5-11-16)18-13-7-9-15-20(18)24-2/h3-15H,1-2H3. The van der Waals surface area contributed by atoms with Crippen LogP contribution in [0.15, 0.2) is 78.9 Å². The van der Waals surface area contributed by atoms with Crippen LogP contribution in [0.5, 0.6) is 11.5 Å². The average molecular weight is 339 g/mol. The molecule has 0 aliphatic carbocycles. The molecule has 0 atom stereocenters. The summed E-state index contributed by atoms with van der Waals surface area (Å²) in [5.74, 6) is 1.48. The van der Waals surface area contributed by atoms with Crippen molar-refractivity contribution in [2.45, 2.75) is 4.87 Å². The van der Waals surface area contributed by atoms with Crippen molar-refractivity contribution in [2.75, 3.05) is 14.2 Å². The van der Waals surface area contributed by atoms with Crippen LogP contribution in [0.2, 0.25) is 0 Å². The predicted molar refractivity (Wildman–Crippen MR) is 98.2 cm³/mol. The van der Waals surface area contributed by atoms with Gasteiger partial charge in [0.1, 0.15) is 16.4 Å². The maximum absolute atomic E-state index is 7.32. The molecular formula is C21H19ClO2. The lowest BCUT2D eigenvalue weighted by atomic mass is 9.83. The number of benzene rings is 3. The lowest BCUT2D eigenvalue weighted by Crippen LogP contribution is -2.24. The van der Waals surface area contributed by atoms with Crippen molar-refractivity contribution in [3.05, 3.63) is 95.6 Å². The zero-order chi connectivity index (χ0) is 17.0. The van der Waals surface area contributed by atoms with Crippen LogP contribution in [0.1, 0.15) is 16.7 Å². The molecule has 0 aromatic heterocycles. The van der Waals surface area contributed by atoms with E-state index in [2.05, 4.69) is 0 Å². The fourth-order valence-electron chi connectivity index (χ4n) is 2.98. The number of para-hydroxylation sites is 2. The van der Waals surface area contributed by atoms with Crippen LogP contribution < -0.4 is 9.47 Å². The van der Waals surface area contributed by atoms with E-state index in [0.29, 0.717) is 0 Å². The molecule has 3 heteroatoms. The lowest BCUT2D eigenvalue weighted by molar-refractivity contribution is 0.399. The Labute approximate surface area is 147 Å². The average Bonchev–Trinajstić information content (AvgIpc) is 2.68. The first-order valence-electron chi connectivity index (χ1n) is 7.73. The molecule has 0 amide bonds. The molecule has 3 aromatic rings. The molecule has 122 valence electrons. The number of alkyl halides is 1. The van der Waals surface area contributed by atoms with E-state index in [-0.39, 0.29) is 0 Å². The number of methoxy groups -OCH3 is 2. The fraction of sp³-hybridized carbons (Fsp3) is 0.143. The van der Waals surface area contributed by atoms with E-state index in [1.54, 1.807) is 14.2 Å². The summed E-state index contributed by atoms with van der Waals surface area (Å²) >= 11 is 7.32. The van der Waals surface area contributed by atoms with Crippen molar-refractivity contribution in [1.82, 2.24) is 0 Å². The van der Waals surface area contributed by atoms with Gasteiger partial charge >= 0.3 is 0 Å². The highest BCUT2D eigenvalue weighted by Gasteiger charge is 2.38. The van der Waals surface area contributed by atoms with Crippen LogP contribution in [-0.2, 0) is 4.87 Å². The van der Waals surface area contributed by atoms with Gasteiger partial charge in [-0.25, -0.2) is 0 Å². The summed E-state index contributed by atoms with van der Waals surface area (Å²) < 4.78 is 11.2. The SMILES string of the molecule is COc1ccccc1C(Cl)(c1ccccc1)c1ccccc1OC. The van der Waals surface area contributed by atoms with Crippen LogP contribution in [-0.4, -0.2) is 14.2 Å². The minimum Gasteiger partial charge on any atom is -0.496 e. The molecule has 0 bridgehead atoms. The van der Waals surface area contributed by atoms with Crippen molar-refractivity contribution in [1.29, 1.82) is 0 Å². The smallest absolute Gasteiger partial charge is 0.126 e. The molecule has 0 saturated carbocycles. The summed E-state index contributed by atoms with van der Waals surface area (Å²) in [4.78, 5) is -0.916. The van der Waals surface area contributed by atoms with Gasteiger partial charge in [0, 0.05) is 11.1 Å². The highest BCUT2D eigenvalue weighted by Crippen LogP contribution is 2.49. The van der Waals surface area contributed by atoms with Crippen LogP contribution >= 0.6 is 11.6 Å². The molecule has 0 spiro atoms. The monoisotopic (exact) mass is 338 g/mol. The second-order valence-electron chi connectivity index (χ2n) is 5.43. The van der Waals surface area contributed by atoms with Gasteiger partial charge < -0.3 is 9.47 Å². The fourth-order valence-corrected chi connectivity index (χ4v) is 3.42. The zero-order valence-electron chi connectivity index (χ0n) is 13.7. The molecule has 0 unspecified atom stereocenters. The molecule has 3 rings (SSSR count). The third-order valence-electron chi connectivity index (χ3n) is 4.13. The predicted octanol–water partition coefficient (Wildman–Crippen LogP) is 5.23. The molecule has 0 aliphatic rings. The Balaban J connectivity index is 2.34. The largest absolute Gasteiger partial charge is 0.496 e. The Morgan fingerprint density at radius 3 is 1.50 bits per heavy atom. The van der Waals surface area contributed by atoms with Crippen molar-refractivity contribution in [3.8, 4) is 11.5 Å². The van der Waals surface area contributed by atoms with Gasteiger partial charge in [-0.05, 0) is 17.7 Å². The highest BCUT2D eigenvalue weighted by molar-refractivity contribution is 6.28. The number of rotatable bonds is 5.